The molecule has 0 bridgehead atoms. The second-order valence-corrected chi connectivity index (χ2v) is 7.24. The highest BCUT2D eigenvalue weighted by Gasteiger charge is 2.22. The van der Waals surface area contributed by atoms with Gasteiger partial charge in [0.25, 0.3) is 0 Å². The minimum absolute atomic E-state index is 0.00286. The lowest BCUT2D eigenvalue weighted by Gasteiger charge is -2.26. The van der Waals surface area contributed by atoms with E-state index in [1.165, 1.54) is 0 Å². The number of rotatable bonds is 7. The molecule has 0 spiro atoms. The van der Waals surface area contributed by atoms with Crippen molar-refractivity contribution >= 4 is 40.5 Å². The number of para-hydroxylation sites is 2. The molecule has 2 atom stereocenters. The Morgan fingerprint density at radius 2 is 1.69 bits per heavy atom. The van der Waals surface area contributed by atoms with Crippen LogP contribution in [-0.4, -0.2) is 31.1 Å². The quantitative estimate of drug-likeness (QED) is 0.630. The van der Waals surface area contributed by atoms with Gasteiger partial charge in [0, 0.05) is 5.69 Å². The van der Waals surface area contributed by atoms with Crippen molar-refractivity contribution in [2.75, 3.05) is 19.4 Å². The normalized spacial score (nSPS) is 13.3. The summed E-state index contributed by atoms with van der Waals surface area (Å²) in [6, 6.07) is 13.0. The molecule has 2 aromatic carbocycles. The Balaban J connectivity index is 2.26. The Bertz CT molecular complexity index is 744. The van der Waals surface area contributed by atoms with Gasteiger partial charge in [-0.25, -0.2) is 0 Å². The molecule has 26 heavy (non-hydrogen) atoms. The van der Waals surface area contributed by atoms with Crippen LogP contribution >= 0.6 is 23.2 Å². The summed E-state index contributed by atoms with van der Waals surface area (Å²) in [4.78, 5) is 14.7. The lowest BCUT2D eigenvalue weighted by molar-refractivity contribution is -0.124. The van der Waals surface area contributed by atoms with E-state index in [4.69, 9.17) is 23.2 Å². The third-order valence-electron chi connectivity index (χ3n) is 4.36. The van der Waals surface area contributed by atoms with Crippen LogP contribution in [0.1, 0.15) is 31.7 Å². The van der Waals surface area contributed by atoms with E-state index in [0.717, 1.165) is 17.7 Å². The molecule has 4 nitrogen and oxygen atoms in total. The molecule has 0 saturated carbocycles. The second kappa shape index (κ2) is 9.26. The molecule has 140 valence electrons. The molecule has 0 aliphatic rings. The summed E-state index contributed by atoms with van der Waals surface area (Å²) in [7, 11) is 3.90. The molecule has 0 aromatic heterocycles. The van der Waals surface area contributed by atoms with E-state index in [-0.39, 0.29) is 18.0 Å². The van der Waals surface area contributed by atoms with Gasteiger partial charge in [-0.15, -0.1) is 0 Å². The van der Waals surface area contributed by atoms with E-state index >= 15 is 0 Å². The van der Waals surface area contributed by atoms with Crippen LogP contribution < -0.4 is 10.6 Å². The predicted molar refractivity (Wildman–Crippen MR) is 111 cm³/mol. The summed E-state index contributed by atoms with van der Waals surface area (Å²) in [5.74, 6) is -0.348. The van der Waals surface area contributed by atoms with E-state index in [1.807, 2.05) is 57.1 Å². The molecule has 2 aromatic rings. The summed E-state index contributed by atoms with van der Waals surface area (Å²) < 4.78 is 0. The molecule has 0 aliphatic heterocycles. The number of halogens is 2. The molecule has 0 radical (unpaired) electrons. The minimum atomic E-state index is -0.325. The molecule has 0 saturated heterocycles. The number of benzene rings is 2. The number of nitrogens with one attached hydrogen (secondary N) is 2. The zero-order valence-electron chi connectivity index (χ0n) is 15.5. The standard InChI is InChI=1S/C20H25Cl2N3O/c1-5-18(25(3)4)24-20(26)13(2)14-9-6-7-12-17(14)23-19-15(21)10-8-11-16(19)22/h6-13,18,23H,5H2,1-4H3,(H,24,26)/t13-,18?/m1/s1. The summed E-state index contributed by atoms with van der Waals surface area (Å²) in [5.41, 5.74) is 2.33. The smallest absolute Gasteiger partial charge is 0.228 e. The van der Waals surface area contributed by atoms with E-state index in [1.54, 1.807) is 18.2 Å². The van der Waals surface area contributed by atoms with Crippen LogP contribution in [0.5, 0.6) is 0 Å². The zero-order chi connectivity index (χ0) is 19.3. The molecule has 0 aliphatic carbocycles. The van der Waals surface area contributed by atoms with Crippen molar-refractivity contribution in [3.05, 3.63) is 58.1 Å². The van der Waals surface area contributed by atoms with Gasteiger partial charge in [-0.1, -0.05) is 54.4 Å². The van der Waals surface area contributed by atoms with Crippen LogP contribution in [0, 0.1) is 0 Å². The highest BCUT2D eigenvalue weighted by atomic mass is 35.5. The number of nitrogens with zero attached hydrogens (tertiary/aromatic N) is 1. The first kappa shape index (κ1) is 20.6. The summed E-state index contributed by atoms with van der Waals surface area (Å²) >= 11 is 12.5. The van der Waals surface area contributed by atoms with E-state index in [0.29, 0.717) is 15.7 Å². The number of hydrogen-bond donors (Lipinski definition) is 2. The fourth-order valence-electron chi connectivity index (χ4n) is 2.77. The van der Waals surface area contributed by atoms with Gasteiger partial charge in [-0.2, -0.15) is 0 Å². The summed E-state index contributed by atoms with van der Waals surface area (Å²) in [5, 5.41) is 7.43. The number of carbonyl (C=O) groups excluding carboxylic acids is 1. The first-order valence-corrected chi connectivity index (χ1v) is 9.37. The van der Waals surface area contributed by atoms with Gasteiger partial charge in [-0.05, 0) is 51.2 Å². The van der Waals surface area contributed by atoms with E-state index in [2.05, 4.69) is 10.6 Å². The molecule has 6 heteroatoms. The maximum atomic E-state index is 12.7. The molecule has 0 fully saturated rings. The van der Waals surface area contributed by atoms with Gasteiger partial charge in [-0.3, -0.25) is 9.69 Å². The lowest BCUT2D eigenvalue weighted by Crippen LogP contribution is -2.45. The van der Waals surface area contributed by atoms with Crippen molar-refractivity contribution in [2.45, 2.75) is 32.4 Å². The van der Waals surface area contributed by atoms with Crippen molar-refractivity contribution < 1.29 is 4.79 Å². The first-order chi connectivity index (χ1) is 12.3. The maximum Gasteiger partial charge on any atom is 0.228 e. The monoisotopic (exact) mass is 393 g/mol. The highest BCUT2D eigenvalue weighted by molar-refractivity contribution is 6.39. The Morgan fingerprint density at radius 3 is 2.27 bits per heavy atom. The van der Waals surface area contributed by atoms with Crippen LogP contribution in [0.3, 0.4) is 0 Å². The minimum Gasteiger partial charge on any atom is -0.353 e. The Labute approximate surface area is 165 Å². The number of amides is 1. The van der Waals surface area contributed by atoms with Crippen molar-refractivity contribution in [2.24, 2.45) is 0 Å². The Morgan fingerprint density at radius 1 is 1.08 bits per heavy atom. The predicted octanol–water partition coefficient (Wildman–Crippen LogP) is 5.25. The van der Waals surface area contributed by atoms with Gasteiger partial charge in [0.2, 0.25) is 5.91 Å². The van der Waals surface area contributed by atoms with Gasteiger partial charge in [0.1, 0.15) is 0 Å². The van der Waals surface area contributed by atoms with Gasteiger partial charge >= 0.3 is 0 Å². The van der Waals surface area contributed by atoms with Gasteiger partial charge in [0.15, 0.2) is 0 Å². The molecule has 1 unspecified atom stereocenters. The van der Waals surface area contributed by atoms with Crippen LogP contribution in [0.4, 0.5) is 11.4 Å². The molecule has 2 rings (SSSR count). The van der Waals surface area contributed by atoms with Crippen LogP contribution in [-0.2, 0) is 4.79 Å². The summed E-state index contributed by atoms with van der Waals surface area (Å²) in [6.45, 7) is 3.94. The Kier molecular flexibility index (Phi) is 7.33. The molecular formula is C20H25Cl2N3O. The van der Waals surface area contributed by atoms with Crippen LogP contribution in [0.25, 0.3) is 0 Å². The molecule has 1 amide bonds. The molecule has 0 heterocycles. The number of anilines is 2. The fourth-order valence-corrected chi connectivity index (χ4v) is 3.26. The molecular weight excluding hydrogens is 369 g/mol. The molecule has 2 N–H and O–H groups in total. The topological polar surface area (TPSA) is 44.4 Å². The third kappa shape index (κ3) is 4.91. The van der Waals surface area contributed by atoms with Gasteiger partial charge in [0.05, 0.1) is 27.8 Å². The SMILES string of the molecule is CCC(NC(=O)[C@H](C)c1ccccc1Nc1c(Cl)cccc1Cl)N(C)C. The highest BCUT2D eigenvalue weighted by Crippen LogP contribution is 2.35. The Hall–Kier alpha value is -1.75. The number of carbonyl (C=O) groups is 1. The summed E-state index contributed by atoms with van der Waals surface area (Å²) in [6.07, 6.45) is 0.837. The average molecular weight is 394 g/mol. The van der Waals surface area contributed by atoms with Crippen LogP contribution in [0.15, 0.2) is 42.5 Å². The maximum absolute atomic E-state index is 12.7. The fraction of sp³-hybridized carbons (Fsp3) is 0.350. The second-order valence-electron chi connectivity index (χ2n) is 6.43. The van der Waals surface area contributed by atoms with Crippen molar-refractivity contribution in [1.82, 2.24) is 10.2 Å². The zero-order valence-corrected chi connectivity index (χ0v) is 17.0. The van der Waals surface area contributed by atoms with Crippen molar-refractivity contribution in [1.29, 1.82) is 0 Å². The third-order valence-corrected chi connectivity index (χ3v) is 4.99. The van der Waals surface area contributed by atoms with Crippen LogP contribution in [0.2, 0.25) is 10.0 Å². The largest absolute Gasteiger partial charge is 0.353 e. The average Bonchev–Trinajstić information content (AvgIpc) is 2.62. The van der Waals surface area contributed by atoms with Gasteiger partial charge < -0.3 is 10.6 Å². The first-order valence-electron chi connectivity index (χ1n) is 8.61. The van der Waals surface area contributed by atoms with Crippen molar-refractivity contribution in [3.63, 3.8) is 0 Å². The number of hydrogen-bond acceptors (Lipinski definition) is 3. The van der Waals surface area contributed by atoms with E-state index in [9.17, 15) is 4.79 Å². The van der Waals surface area contributed by atoms with Crippen molar-refractivity contribution in [3.8, 4) is 0 Å². The lowest BCUT2D eigenvalue weighted by atomic mass is 9.98. The van der Waals surface area contributed by atoms with E-state index < -0.39 is 0 Å².